The summed E-state index contributed by atoms with van der Waals surface area (Å²) in [6.45, 7) is 0. The average Bonchev–Trinajstić information content (AvgIpc) is 2.41. The van der Waals surface area contributed by atoms with Crippen LogP contribution < -0.4 is 0 Å². The fraction of sp³-hybridized carbons (Fsp3) is 0.333. The second-order valence-electron chi connectivity index (χ2n) is 4.86. The van der Waals surface area contributed by atoms with Crippen LogP contribution in [0.5, 0.6) is 0 Å². The van der Waals surface area contributed by atoms with Crippen molar-refractivity contribution >= 4 is 11.8 Å². The Kier molecular flexibility index (Phi) is 5.87. The summed E-state index contributed by atoms with van der Waals surface area (Å²) in [6, 6.07) is 3.69. The Morgan fingerprint density at radius 1 is 1.27 bits per heavy atom. The molecule has 0 aliphatic heterocycles. The predicted octanol–water partition coefficient (Wildman–Crippen LogP) is 2.85. The number of carboxylic acid groups (broad SMARTS) is 1. The van der Waals surface area contributed by atoms with Crippen molar-refractivity contribution in [2.24, 2.45) is 0 Å². The van der Waals surface area contributed by atoms with Crippen molar-refractivity contribution in [3.63, 3.8) is 0 Å². The second-order valence-corrected chi connectivity index (χ2v) is 4.86. The molecule has 22 heavy (non-hydrogen) atoms. The lowest BCUT2D eigenvalue weighted by Gasteiger charge is -2.23. The molecule has 0 aromatic heterocycles. The summed E-state index contributed by atoms with van der Waals surface area (Å²) < 4.78 is 38.9. The molecule has 120 valence electrons. The van der Waals surface area contributed by atoms with E-state index in [0.29, 0.717) is 0 Å². The Morgan fingerprint density at radius 2 is 1.86 bits per heavy atom. The maximum atomic E-state index is 13.0. The summed E-state index contributed by atoms with van der Waals surface area (Å²) in [4.78, 5) is 24.3. The molecule has 0 aliphatic rings. The Morgan fingerprint density at radius 3 is 2.36 bits per heavy atom. The van der Waals surface area contributed by atoms with Crippen molar-refractivity contribution in [2.45, 2.75) is 18.6 Å². The van der Waals surface area contributed by atoms with Crippen LogP contribution in [-0.4, -0.2) is 41.9 Å². The van der Waals surface area contributed by atoms with Gasteiger partial charge in [0.1, 0.15) is 0 Å². The van der Waals surface area contributed by atoms with Crippen LogP contribution >= 0.6 is 0 Å². The minimum Gasteiger partial charge on any atom is -0.478 e. The summed E-state index contributed by atoms with van der Waals surface area (Å²) >= 11 is 0. The standard InChI is InChI=1S/C15H16F3NO3/c1-19(2)12(8-5-9-13(20)21)14(22)10-6-3-4-7-11(10)15(16,17)18/h3-7,9,12H,8H2,1-2H3,(H,20,21). The molecule has 0 amide bonds. The van der Waals surface area contributed by atoms with Gasteiger partial charge >= 0.3 is 12.1 Å². The molecule has 1 rings (SSSR count). The number of hydrogen-bond donors (Lipinski definition) is 1. The third-order valence-corrected chi connectivity index (χ3v) is 3.04. The number of carbonyl (C=O) groups is 2. The molecular formula is C15H16F3NO3. The minimum absolute atomic E-state index is 0.00429. The zero-order chi connectivity index (χ0) is 16.9. The van der Waals surface area contributed by atoms with Gasteiger partial charge in [0.15, 0.2) is 5.78 Å². The lowest BCUT2D eigenvalue weighted by Crippen LogP contribution is -2.36. The number of likely N-dealkylation sites (N-methyl/N-ethyl adjacent to an activating group) is 1. The van der Waals surface area contributed by atoms with E-state index in [1.807, 2.05) is 0 Å². The summed E-state index contributed by atoms with van der Waals surface area (Å²) in [6.07, 6.45) is -2.51. The lowest BCUT2D eigenvalue weighted by molar-refractivity contribution is -0.138. The number of alkyl halides is 3. The first kappa shape index (κ1) is 17.9. The average molecular weight is 315 g/mol. The Hall–Kier alpha value is -2.15. The van der Waals surface area contributed by atoms with Crippen LogP contribution in [0.2, 0.25) is 0 Å². The SMILES string of the molecule is CN(C)C(CC=CC(=O)O)C(=O)c1ccccc1C(F)(F)F. The van der Waals surface area contributed by atoms with Crippen LogP contribution in [-0.2, 0) is 11.0 Å². The summed E-state index contributed by atoms with van der Waals surface area (Å²) in [5.74, 6) is -1.88. The maximum absolute atomic E-state index is 13.0. The van der Waals surface area contributed by atoms with Crippen LogP contribution in [0.1, 0.15) is 22.3 Å². The first-order chi connectivity index (χ1) is 10.1. The number of aliphatic carboxylic acids is 1. The molecule has 1 N–H and O–H groups in total. The number of carboxylic acids is 1. The Bertz CT molecular complexity index is 580. The van der Waals surface area contributed by atoms with E-state index in [4.69, 9.17) is 5.11 Å². The van der Waals surface area contributed by atoms with E-state index in [1.165, 1.54) is 23.1 Å². The van der Waals surface area contributed by atoms with Gasteiger partial charge in [-0.15, -0.1) is 0 Å². The molecule has 0 saturated heterocycles. The number of hydrogen-bond acceptors (Lipinski definition) is 3. The lowest BCUT2D eigenvalue weighted by atomic mass is 9.96. The quantitative estimate of drug-likeness (QED) is 0.648. The molecule has 0 aliphatic carbocycles. The van der Waals surface area contributed by atoms with E-state index in [0.717, 1.165) is 18.2 Å². The first-order valence-electron chi connectivity index (χ1n) is 6.41. The topological polar surface area (TPSA) is 57.6 Å². The summed E-state index contributed by atoms with van der Waals surface area (Å²) in [7, 11) is 3.10. The molecule has 1 unspecified atom stereocenters. The molecule has 1 aromatic rings. The highest BCUT2D eigenvalue weighted by atomic mass is 19.4. The Labute approximate surface area is 125 Å². The van der Waals surface area contributed by atoms with Crippen molar-refractivity contribution in [3.8, 4) is 0 Å². The van der Waals surface area contributed by atoms with Crippen molar-refractivity contribution in [3.05, 3.63) is 47.5 Å². The third kappa shape index (κ3) is 4.70. The number of benzene rings is 1. The van der Waals surface area contributed by atoms with Crippen LogP contribution in [0.4, 0.5) is 13.2 Å². The summed E-state index contributed by atoms with van der Waals surface area (Å²) in [5.41, 5.74) is -1.41. The van der Waals surface area contributed by atoms with Crippen molar-refractivity contribution < 1.29 is 27.9 Å². The Balaban J connectivity index is 3.13. The van der Waals surface area contributed by atoms with Gasteiger partial charge in [0.25, 0.3) is 0 Å². The molecule has 1 atom stereocenters. The van der Waals surface area contributed by atoms with Crippen molar-refractivity contribution in [1.29, 1.82) is 0 Å². The minimum atomic E-state index is -4.62. The fourth-order valence-electron chi connectivity index (χ4n) is 1.97. The van der Waals surface area contributed by atoms with Gasteiger partial charge in [0, 0.05) is 11.6 Å². The monoisotopic (exact) mass is 315 g/mol. The molecule has 1 aromatic carbocycles. The normalized spacial score (nSPS) is 13.5. The fourth-order valence-corrected chi connectivity index (χ4v) is 1.97. The number of nitrogens with zero attached hydrogens (tertiary/aromatic N) is 1. The van der Waals surface area contributed by atoms with Gasteiger partial charge in [-0.3, -0.25) is 9.69 Å². The molecule has 4 nitrogen and oxygen atoms in total. The van der Waals surface area contributed by atoms with Gasteiger partial charge in [0.2, 0.25) is 0 Å². The van der Waals surface area contributed by atoms with Gasteiger partial charge in [-0.25, -0.2) is 4.79 Å². The van der Waals surface area contributed by atoms with Crippen molar-refractivity contribution in [2.75, 3.05) is 14.1 Å². The van der Waals surface area contributed by atoms with E-state index < -0.39 is 35.1 Å². The number of halogens is 3. The molecule has 0 fully saturated rings. The predicted molar refractivity (Wildman–Crippen MR) is 74.6 cm³/mol. The van der Waals surface area contributed by atoms with Crippen LogP contribution in [0, 0.1) is 0 Å². The van der Waals surface area contributed by atoms with Crippen LogP contribution in [0.15, 0.2) is 36.4 Å². The van der Waals surface area contributed by atoms with E-state index in [9.17, 15) is 22.8 Å². The number of rotatable bonds is 6. The van der Waals surface area contributed by atoms with Gasteiger partial charge in [-0.05, 0) is 26.6 Å². The number of Topliss-reactive ketones (excluding diaryl/α,β-unsaturated/α-hetero) is 1. The first-order valence-corrected chi connectivity index (χ1v) is 6.41. The number of carbonyl (C=O) groups excluding carboxylic acids is 1. The van der Waals surface area contributed by atoms with E-state index in [1.54, 1.807) is 14.1 Å². The molecule has 0 bridgehead atoms. The highest BCUT2D eigenvalue weighted by Gasteiger charge is 2.36. The van der Waals surface area contributed by atoms with Gasteiger partial charge in [-0.1, -0.05) is 24.3 Å². The molecular weight excluding hydrogens is 299 g/mol. The molecule has 0 saturated carbocycles. The van der Waals surface area contributed by atoms with Gasteiger partial charge in [-0.2, -0.15) is 13.2 Å². The molecule has 0 spiro atoms. The highest BCUT2D eigenvalue weighted by Crippen LogP contribution is 2.32. The smallest absolute Gasteiger partial charge is 0.417 e. The molecule has 0 radical (unpaired) electrons. The van der Waals surface area contributed by atoms with Gasteiger partial charge < -0.3 is 5.11 Å². The molecule has 0 heterocycles. The van der Waals surface area contributed by atoms with E-state index in [2.05, 4.69) is 0 Å². The van der Waals surface area contributed by atoms with E-state index >= 15 is 0 Å². The zero-order valence-electron chi connectivity index (χ0n) is 12.1. The zero-order valence-corrected chi connectivity index (χ0v) is 12.1. The van der Waals surface area contributed by atoms with E-state index in [-0.39, 0.29) is 6.42 Å². The summed E-state index contributed by atoms with van der Waals surface area (Å²) in [5, 5.41) is 8.54. The second kappa shape index (κ2) is 7.22. The molecule has 7 heteroatoms. The highest BCUT2D eigenvalue weighted by molar-refractivity contribution is 6.01. The van der Waals surface area contributed by atoms with Crippen LogP contribution in [0.3, 0.4) is 0 Å². The van der Waals surface area contributed by atoms with Crippen molar-refractivity contribution in [1.82, 2.24) is 4.90 Å². The maximum Gasteiger partial charge on any atom is 0.417 e. The number of ketones is 1. The largest absolute Gasteiger partial charge is 0.478 e. The third-order valence-electron chi connectivity index (χ3n) is 3.04. The van der Waals surface area contributed by atoms with Crippen LogP contribution in [0.25, 0.3) is 0 Å². The van der Waals surface area contributed by atoms with Gasteiger partial charge in [0.05, 0.1) is 11.6 Å².